The monoisotopic (exact) mass is 226 g/mol. The Bertz CT molecular complexity index is 426. The van der Waals surface area contributed by atoms with Crippen LogP contribution >= 0.6 is 0 Å². The summed E-state index contributed by atoms with van der Waals surface area (Å²) in [5.74, 6) is 0. The van der Waals surface area contributed by atoms with Crippen LogP contribution in [0.2, 0.25) is 0 Å². The van der Waals surface area contributed by atoms with Gasteiger partial charge in [-0.1, -0.05) is 42.5 Å². The molecule has 2 heteroatoms. The topological polar surface area (TPSA) is 38.0 Å². The molecule has 0 aliphatic carbocycles. The van der Waals surface area contributed by atoms with Gasteiger partial charge in [-0.3, -0.25) is 0 Å². The smallest absolute Gasteiger partial charge is 0.0313 e. The van der Waals surface area contributed by atoms with E-state index in [1.165, 1.54) is 17.5 Å². The quantitative estimate of drug-likeness (QED) is 0.678. The van der Waals surface area contributed by atoms with E-state index in [1.807, 2.05) is 30.3 Å². The molecule has 1 aliphatic rings. The zero-order valence-electron chi connectivity index (χ0n) is 9.89. The molecule has 0 fully saturated rings. The lowest BCUT2D eigenvalue weighted by molar-refractivity contribution is 0.644. The number of hydrogen-bond acceptors (Lipinski definition) is 2. The fourth-order valence-electron chi connectivity index (χ4n) is 1.87. The molecular formula is C15H18N2. The summed E-state index contributed by atoms with van der Waals surface area (Å²) < 4.78 is 0. The van der Waals surface area contributed by atoms with Gasteiger partial charge in [-0.15, -0.1) is 0 Å². The van der Waals surface area contributed by atoms with Crippen LogP contribution < -0.4 is 11.1 Å². The first-order chi connectivity index (χ1) is 8.36. The second kappa shape index (κ2) is 6.06. The number of nitrogens with one attached hydrogen (secondary N) is 1. The van der Waals surface area contributed by atoms with Crippen molar-refractivity contribution in [2.24, 2.45) is 0 Å². The Morgan fingerprint density at radius 2 is 1.47 bits per heavy atom. The molecule has 0 saturated carbocycles. The van der Waals surface area contributed by atoms with Crippen molar-refractivity contribution in [2.45, 2.75) is 13.0 Å². The normalized spacial score (nSPS) is 13.2. The lowest BCUT2D eigenvalue weighted by atomic mass is 10.0. The molecule has 17 heavy (non-hydrogen) atoms. The van der Waals surface area contributed by atoms with E-state index in [4.69, 9.17) is 5.73 Å². The van der Waals surface area contributed by atoms with Crippen molar-refractivity contribution >= 4 is 5.69 Å². The Balaban J connectivity index is 0.000000136. The molecule has 0 saturated heterocycles. The molecule has 3 rings (SSSR count). The lowest BCUT2D eigenvalue weighted by Gasteiger charge is -2.15. The number of hydrogen-bond donors (Lipinski definition) is 2. The number of benzene rings is 2. The van der Waals surface area contributed by atoms with E-state index in [2.05, 4.69) is 29.6 Å². The molecule has 0 spiro atoms. The Kier molecular flexibility index (Phi) is 4.17. The van der Waals surface area contributed by atoms with Crippen LogP contribution in [-0.4, -0.2) is 6.54 Å². The summed E-state index contributed by atoms with van der Waals surface area (Å²) in [6, 6.07) is 18.1. The van der Waals surface area contributed by atoms with Gasteiger partial charge in [-0.25, -0.2) is 0 Å². The number of para-hydroxylation sites is 1. The standard InChI is InChI=1S/C9H11N.C6H7N/c1-2-4-9-7-10-6-5-8(9)3-1;7-6-4-2-1-3-5-6/h1-4,10H,5-7H2;1-5H,7H2. The SMILES string of the molecule is Nc1ccccc1.c1ccc2c(c1)CCNC2. The molecule has 0 unspecified atom stereocenters. The minimum Gasteiger partial charge on any atom is -0.399 e. The molecule has 0 atom stereocenters. The molecule has 2 aromatic rings. The molecular weight excluding hydrogens is 208 g/mol. The van der Waals surface area contributed by atoms with Gasteiger partial charge >= 0.3 is 0 Å². The third-order valence-electron chi connectivity index (χ3n) is 2.80. The van der Waals surface area contributed by atoms with Crippen molar-refractivity contribution in [3.8, 4) is 0 Å². The van der Waals surface area contributed by atoms with Crippen LogP contribution in [0.1, 0.15) is 11.1 Å². The van der Waals surface area contributed by atoms with Crippen molar-refractivity contribution in [3.05, 3.63) is 65.7 Å². The minimum absolute atomic E-state index is 0.822. The van der Waals surface area contributed by atoms with E-state index < -0.39 is 0 Å². The van der Waals surface area contributed by atoms with Crippen molar-refractivity contribution in [3.63, 3.8) is 0 Å². The van der Waals surface area contributed by atoms with E-state index >= 15 is 0 Å². The summed E-state index contributed by atoms with van der Waals surface area (Å²) in [5.41, 5.74) is 9.16. The first kappa shape index (κ1) is 11.7. The number of anilines is 1. The van der Waals surface area contributed by atoms with Crippen LogP contribution in [-0.2, 0) is 13.0 Å². The highest BCUT2D eigenvalue weighted by Gasteiger charge is 2.05. The van der Waals surface area contributed by atoms with Crippen molar-refractivity contribution < 1.29 is 0 Å². The molecule has 0 aromatic heterocycles. The Hall–Kier alpha value is -1.80. The van der Waals surface area contributed by atoms with Gasteiger partial charge in [-0.05, 0) is 36.2 Å². The minimum atomic E-state index is 0.822. The largest absolute Gasteiger partial charge is 0.399 e. The molecule has 3 N–H and O–H groups in total. The number of fused-ring (bicyclic) bond motifs is 1. The van der Waals surface area contributed by atoms with Gasteiger partial charge in [0.15, 0.2) is 0 Å². The van der Waals surface area contributed by atoms with Crippen LogP contribution in [0, 0.1) is 0 Å². The highest BCUT2D eigenvalue weighted by molar-refractivity contribution is 5.35. The van der Waals surface area contributed by atoms with Gasteiger partial charge in [0, 0.05) is 12.2 Å². The van der Waals surface area contributed by atoms with Gasteiger partial charge in [0.05, 0.1) is 0 Å². The molecule has 88 valence electrons. The highest BCUT2D eigenvalue weighted by Crippen LogP contribution is 2.11. The summed E-state index contributed by atoms with van der Waals surface area (Å²) in [4.78, 5) is 0. The first-order valence-corrected chi connectivity index (χ1v) is 5.94. The third kappa shape index (κ3) is 3.61. The summed E-state index contributed by atoms with van der Waals surface area (Å²) in [7, 11) is 0. The Morgan fingerprint density at radius 1 is 0.824 bits per heavy atom. The van der Waals surface area contributed by atoms with Crippen LogP contribution in [0.4, 0.5) is 5.69 Å². The maximum atomic E-state index is 5.36. The Morgan fingerprint density at radius 3 is 2.06 bits per heavy atom. The van der Waals surface area contributed by atoms with Crippen LogP contribution in [0.3, 0.4) is 0 Å². The van der Waals surface area contributed by atoms with Gasteiger partial charge in [0.2, 0.25) is 0 Å². The number of nitrogens with two attached hydrogens (primary N) is 1. The lowest BCUT2D eigenvalue weighted by Crippen LogP contribution is -2.23. The first-order valence-electron chi connectivity index (χ1n) is 5.94. The van der Waals surface area contributed by atoms with Gasteiger partial charge in [0.1, 0.15) is 0 Å². The summed E-state index contributed by atoms with van der Waals surface area (Å²) in [6.07, 6.45) is 1.19. The van der Waals surface area contributed by atoms with Crippen LogP contribution in [0.15, 0.2) is 54.6 Å². The predicted octanol–water partition coefficient (Wildman–Crippen LogP) is 2.60. The maximum absolute atomic E-state index is 5.36. The van der Waals surface area contributed by atoms with E-state index in [1.54, 1.807) is 0 Å². The number of nitrogen functional groups attached to an aromatic ring is 1. The molecule has 0 amide bonds. The predicted molar refractivity (Wildman–Crippen MR) is 72.7 cm³/mol. The van der Waals surface area contributed by atoms with Gasteiger partial charge < -0.3 is 11.1 Å². The van der Waals surface area contributed by atoms with E-state index in [-0.39, 0.29) is 0 Å². The zero-order valence-corrected chi connectivity index (χ0v) is 9.89. The van der Waals surface area contributed by atoms with E-state index in [0.29, 0.717) is 0 Å². The molecule has 0 bridgehead atoms. The third-order valence-corrected chi connectivity index (χ3v) is 2.80. The molecule has 2 aromatic carbocycles. The second-order valence-corrected chi connectivity index (χ2v) is 4.11. The average molecular weight is 226 g/mol. The van der Waals surface area contributed by atoms with Crippen molar-refractivity contribution in [1.82, 2.24) is 5.32 Å². The fraction of sp³-hybridized carbons (Fsp3) is 0.200. The molecule has 0 radical (unpaired) electrons. The molecule has 1 aliphatic heterocycles. The zero-order chi connectivity index (χ0) is 11.9. The van der Waals surface area contributed by atoms with Gasteiger partial charge in [-0.2, -0.15) is 0 Å². The van der Waals surface area contributed by atoms with E-state index in [9.17, 15) is 0 Å². The van der Waals surface area contributed by atoms with E-state index in [0.717, 1.165) is 18.8 Å². The average Bonchev–Trinajstić information content (AvgIpc) is 2.41. The fourth-order valence-corrected chi connectivity index (χ4v) is 1.87. The summed E-state index contributed by atoms with van der Waals surface area (Å²) in [5, 5.41) is 3.34. The van der Waals surface area contributed by atoms with Gasteiger partial charge in [0.25, 0.3) is 0 Å². The summed E-state index contributed by atoms with van der Waals surface area (Å²) in [6.45, 7) is 2.19. The van der Waals surface area contributed by atoms with Crippen LogP contribution in [0.5, 0.6) is 0 Å². The van der Waals surface area contributed by atoms with Crippen LogP contribution in [0.25, 0.3) is 0 Å². The second-order valence-electron chi connectivity index (χ2n) is 4.11. The molecule has 2 nitrogen and oxygen atoms in total. The van der Waals surface area contributed by atoms with Crippen molar-refractivity contribution in [2.75, 3.05) is 12.3 Å². The number of rotatable bonds is 0. The van der Waals surface area contributed by atoms with Crippen molar-refractivity contribution in [1.29, 1.82) is 0 Å². The Labute approximate surface area is 102 Å². The highest BCUT2D eigenvalue weighted by atomic mass is 14.9. The summed E-state index contributed by atoms with van der Waals surface area (Å²) >= 11 is 0. The molecule has 1 heterocycles. The maximum Gasteiger partial charge on any atom is 0.0313 e.